The Morgan fingerprint density at radius 3 is 2.80 bits per heavy atom. The normalized spacial score (nSPS) is 25.8. The van der Waals surface area contributed by atoms with Crippen LogP contribution in [0.5, 0.6) is 5.75 Å². The number of rotatable bonds is 8. The lowest BCUT2D eigenvalue weighted by Gasteiger charge is -2.25. The number of aliphatic hydroxyl groups is 1. The molecule has 0 amide bonds. The fourth-order valence-corrected chi connectivity index (χ4v) is 6.35. The number of thiophene rings is 1. The SMILES string of the molecule is O=C(O)c1ccc(CCC[C@@H]2[C@@H](COc3cccc4c3CCCC4)[C@H](O)C[C@@H]2Cl)s1. The van der Waals surface area contributed by atoms with Crippen molar-refractivity contribution in [2.24, 2.45) is 11.8 Å². The van der Waals surface area contributed by atoms with Gasteiger partial charge in [0.15, 0.2) is 0 Å². The molecule has 0 aliphatic heterocycles. The lowest BCUT2D eigenvalue weighted by Crippen LogP contribution is -2.27. The highest BCUT2D eigenvalue weighted by Gasteiger charge is 2.41. The van der Waals surface area contributed by atoms with E-state index in [1.54, 1.807) is 6.07 Å². The van der Waals surface area contributed by atoms with E-state index in [2.05, 4.69) is 18.2 Å². The van der Waals surface area contributed by atoms with Crippen molar-refractivity contribution in [3.05, 3.63) is 51.2 Å². The molecule has 2 aliphatic rings. The molecule has 1 fully saturated rings. The number of carboxylic acid groups (broad SMARTS) is 1. The highest BCUT2D eigenvalue weighted by Crippen LogP contribution is 2.40. The fraction of sp³-hybridized carbons (Fsp3) is 0.542. The number of carboxylic acids is 1. The lowest BCUT2D eigenvalue weighted by molar-refractivity contribution is 0.0701. The Morgan fingerprint density at radius 2 is 2.00 bits per heavy atom. The number of hydrogen-bond acceptors (Lipinski definition) is 4. The summed E-state index contributed by atoms with van der Waals surface area (Å²) in [6, 6.07) is 9.89. The van der Waals surface area contributed by atoms with Gasteiger partial charge in [-0.05, 0) is 86.6 Å². The van der Waals surface area contributed by atoms with E-state index in [0.29, 0.717) is 17.9 Å². The molecule has 30 heavy (non-hydrogen) atoms. The molecule has 4 rings (SSSR count). The number of alkyl halides is 1. The van der Waals surface area contributed by atoms with Gasteiger partial charge in [-0.15, -0.1) is 22.9 Å². The van der Waals surface area contributed by atoms with Crippen LogP contribution in [0.1, 0.15) is 57.8 Å². The van der Waals surface area contributed by atoms with Gasteiger partial charge in [0.2, 0.25) is 0 Å². The summed E-state index contributed by atoms with van der Waals surface area (Å²) < 4.78 is 6.25. The second-order valence-corrected chi connectivity index (χ2v) is 10.3. The topological polar surface area (TPSA) is 66.8 Å². The van der Waals surface area contributed by atoms with Crippen molar-refractivity contribution in [1.29, 1.82) is 0 Å². The second kappa shape index (κ2) is 9.71. The van der Waals surface area contributed by atoms with Gasteiger partial charge in [0.25, 0.3) is 0 Å². The average molecular weight is 449 g/mol. The molecule has 2 aliphatic carbocycles. The smallest absolute Gasteiger partial charge is 0.345 e. The average Bonchev–Trinajstić information content (AvgIpc) is 3.31. The summed E-state index contributed by atoms with van der Waals surface area (Å²) in [6.07, 6.45) is 7.49. The standard InChI is InChI=1S/C24H29ClO4S/c25-20-13-21(26)19(14-29-22-10-3-6-15-5-1-2-8-17(15)22)18(20)9-4-7-16-11-12-23(30-16)24(27)28/h3,6,10-12,18-21,26H,1-2,4-5,7-9,13-14H2,(H,27,28)/t18-,19-,20+,21-/m1/s1. The molecule has 4 atom stereocenters. The first-order valence-corrected chi connectivity index (χ1v) is 12.2. The molecule has 2 N–H and O–H groups in total. The van der Waals surface area contributed by atoms with Crippen molar-refractivity contribution in [3.63, 3.8) is 0 Å². The summed E-state index contributed by atoms with van der Waals surface area (Å²) in [7, 11) is 0. The number of fused-ring (bicyclic) bond motifs is 1. The maximum Gasteiger partial charge on any atom is 0.345 e. The predicted molar refractivity (Wildman–Crippen MR) is 120 cm³/mol. The maximum absolute atomic E-state index is 11.0. The van der Waals surface area contributed by atoms with E-state index in [0.717, 1.165) is 42.7 Å². The minimum Gasteiger partial charge on any atom is -0.493 e. The van der Waals surface area contributed by atoms with Gasteiger partial charge in [0.1, 0.15) is 10.6 Å². The van der Waals surface area contributed by atoms with E-state index in [1.165, 1.54) is 35.3 Å². The van der Waals surface area contributed by atoms with Crippen LogP contribution in [0, 0.1) is 11.8 Å². The first-order chi connectivity index (χ1) is 14.5. The van der Waals surface area contributed by atoms with Crippen molar-refractivity contribution in [3.8, 4) is 5.75 Å². The summed E-state index contributed by atoms with van der Waals surface area (Å²) in [5, 5.41) is 19.6. The van der Waals surface area contributed by atoms with Gasteiger partial charge in [-0.1, -0.05) is 12.1 Å². The van der Waals surface area contributed by atoms with Crippen LogP contribution in [0.4, 0.5) is 0 Å². The monoisotopic (exact) mass is 448 g/mol. The van der Waals surface area contributed by atoms with Crippen LogP contribution in [-0.4, -0.2) is 34.3 Å². The van der Waals surface area contributed by atoms with E-state index in [1.807, 2.05) is 6.07 Å². The van der Waals surface area contributed by atoms with Gasteiger partial charge in [-0.3, -0.25) is 0 Å². The number of hydrogen-bond donors (Lipinski definition) is 2. The third-order valence-corrected chi connectivity index (χ3v) is 8.23. The quantitative estimate of drug-likeness (QED) is 0.535. The number of benzene rings is 1. The zero-order valence-corrected chi connectivity index (χ0v) is 18.6. The Kier molecular flexibility index (Phi) is 7.01. The largest absolute Gasteiger partial charge is 0.493 e. The lowest BCUT2D eigenvalue weighted by atomic mass is 9.89. The molecule has 1 aromatic heterocycles. The minimum absolute atomic E-state index is 0.0323. The highest BCUT2D eigenvalue weighted by atomic mass is 35.5. The Bertz CT molecular complexity index is 880. The van der Waals surface area contributed by atoms with E-state index in [9.17, 15) is 9.90 Å². The van der Waals surface area contributed by atoms with Gasteiger partial charge < -0.3 is 14.9 Å². The molecular weight excluding hydrogens is 420 g/mol. The first-order valence-electron chi connectivity index (χ1n) is 10.9. The molecule has 0 unspecified atom stereocenters. The van der Waals surface area contributed by atoms with Crippen LogP contribution in [0.2, 0.25) is 0 Å². The minimum atomic E-state index is -0.869. The van der Waals surface area contributed by atoms with E-state index in [-0.39, 0.29) is 17.2 Å². The number of ether oxygens (including phenoxy) is 1. The Balaban J connectivity index is 1.35. The van der Waals surface area contributed by atoms with Gasteiger partial charge in [-0.25, -0.2) is 4.79 Å². The first kappa shape index (κ1) is 21.7. The van der Waals surface area contributed by atoms with Crippen LogP contribution < -0.4 is 4.74 Å². The molecular formula is C24H29ClO4S. The molecule has 0 spiro atoms. The molecule has 2 aromatic rings. The summed E-state index contributed by atoms with van der Waals surface area (Å²) in [6.45, 7) is 0.494. The summed E-state index contributed by atoms with van der Waals surface area (Å²) in [4.78, 5) is 12.5. The molecule has 1 saturated carbocycles. The summed E-state index contributed by atoms with van der Waals surface area (Å²) in [5.74, 6) is 0.340. The van der Waals surface area contributed by atoms with Crippen LogP contribution in [0.3, 0.4) is 0 Å². The maximum atomic E-state index is 11.0. The molecule has 0 saturated heterocycles. The van der Waals surface area contributed by atoms with Gasteiger partial charge in [-0.2, -0.15) is 0 Å². The summed E-state index contributed by atoms with van der Waals surface area (Å²) in [5.41, 5.74) is 2.73. The zero-order chi connectivity index (χ0) is 21.1. The molecule has 4 nitrogen and oxygen atoms in total. The van der Waals surface area contributed by atoms with E-state index in [4.69, 9.17) is 21.4 Å². The van der Waals surface area contributed by atoms with Crippen molar-refractivity contribution in [2.45, 2.75) is 62.8 Å². The second-order valence-electron chi connectivity index (χ2n) is 8.52. The van der Waals surface area contributed by atoms with Crippen molar-refractivity contribution in [2.75, 3.05) is 6.61 Å². The molecule has 1 aromatic carbocycles. The third-order valence-electron chi connectivity index (χ3n) is 6.59. The van der Waals surface area contributed by atoms with Crippen molar-refractivity contribution < 1.29 is 19.7 Å². The van der Waals surface area contributed by atoms with Crippen molar-refractivity contribution in [1.82, 2.24) is 0 Å². The van der Waals surface area contributed by atoms with Gasteiger partial charge in [0, 0.05) is 16.2 Å². The summed E-state index contributed by atoms with van der Waals surface area (Å²) >= 11 is 7.94. The van der Waals surface area contributed by atoms with Gasteiger partial charge in [0.05, 0.1) is 12.7 Å². The Morgan fingerprint density at radius 1 is 1.17 bits per heavy atom. The Labute approximate surface area is 186 Å². The fourth-order valence-electron chi connectivity index (χ4n) is 4.97. The molecule has 0 bridgehead atoms. The van der Waals surface area contributed by atoms with Crippen molar-refractivity contribution >= 4 is 28.9 Å². The van der Waals surface area contributed by atoms with Crippen LogP contribution in [-0.2, 0) is 19.3 Å². The van der Waals surface area contributed by atoms with E-state index < -0.39 is 12.1 Å². The predicted octanol–water partition coefficient (Wildman–Crippen LogP) is 5.33. The molecule has 0 radical (unpaired) electrons. The van der Waals surface area contributed by atoms with Crippen LogP contribution in [0.25, 0.3) is 0 Å². The van der Waals surface area contributed by atoms with Crippen LogP contribution >= 0.6 is 22.9 Å². The van der Waals surface area contributed by atoms with Gasteiger partial charge >= 0.3 is 5.97 Å². The number of halogens is 1. The number of carbonyl (C=O) groups is 1. The third kappa shape index (κ3) is 4.84. The highest BCUT2D eigenvalue weighted by molar-refractivity contribution is 7.13. The Hall–Kier alpha value is -1.56. The zero-order valence-electron chi connectivity index (χ0n) is 17.1. The molecule has 1 heterocycles. The molecule has 6 heteroatoms. The molecule has 162 valence electrons. The van der Waals surface area contributed by atoms with E-state index >= 15 is 0 Å². The number of aryl methyl sites for hydroxylation is 2. The number of aliphatic hydroxyl groups excluding tert-OH is 1. The number of aromatic carboxylic acids is 1. The van der Waals surface area contributed by atoms with Crippen LogP contribution in [0.15, 0.2) is 30.3 Å².